The first kappa shape index (κ1) is 14.5. The Balaban J connectivity index is 2.19. The Kier molecular flexibility index (Phi) is 3.56. The summed E-state index contributed by atoms with van der Waals surface area (Å²) in [6.07, 6.45) is 0. The molecule has 2 aliphatic heterocycles. The molecule has 0 N–H and O–H groups in total. The van der Waals surface area contributed by atoms with Crippen LogP contribution in [-0.2, 0) is 14.3 Å². The van der Waals surface area contributed by atoms with E-state index in [0.717, 1.165) is 5.56 Å². The van der Waals surface area contributed by atoms with E-state index in [1.54, 1.807) is 32.9 Å². The maximum absolute atomic E-state index is 12.4. The van der Waals surface area contributed by atoms with Crippen molar-refractivity contribution in [3.05, 3.63) is 41.1 Å². The molecule has 5 heteroatoms. The smallest absolute Gasteiger partial charge is 0.341 e. The summed E-state index contributed by atoms with van der Waals surface area (Å²) in [5, 5.41) is 0. The van der Waals surface area contributed by atoms with Gasteiger partial charge in [-0.15, -0.1) is 0 Å². The molecule has 22 heavy (non-hydrogen) atoms. The lowest BCUT2D eigenvalue weighted by molar-refractivity contribution is -0.146. The summed E-state index contributed by atoms with van der Waals surface area (Å²) >= 11 is 0. The fourth-order valence-electron chi connectivity index (χ4n) is 3.16. The van der Waals surface area contributed by atoms with Crippen molar-refractivity contribution in [3.8, 4) is 5.75 Å². The number of carbonyl (C=O) groups is 2. The average Bonchev–Trinajstić information content (AvgIpc) is 2.46. The number of aliphatic imine (C=N–C) groups is 1. The molecule has 0 fully saturated rings. The number of hydrogen-bond donors (Lipinski definition) is 0. The summed E-state index contributed by atoms with van der Waals surface area (Å²) in [6.45, 7) is 5.62. The van der Waals surface area contributed by atoms with Crippen molar-refractivity contribution >= 4 is 17.7 Å². The highest BCUT2D eigenvalue weighted by atomic mass is 16.5. The van der Waals surface area contributed by atoms with Crippen molar-refractivity contribution in [1.29, 1.82) is 0 Å². The van der Waals surface area contributed by atoms with Crippen LogP contribution in [0.2, 0.25) is 0 Å². The number of para-hydroxylation sites is 1. The molecular formula is C17H17NO4. The van der Waals surface area contributed by atoms with E-state index in [2.05, 4.69) is 4.99 Å². The van der Waals surface area contributed by atoms with Crippen LogP contribution in [0.15, 0.2) is 40.5 Å². The first-order valence-electron chi connectivity index (χ1n) is 7.28. The predicted molar refractivity (Wildman–Crippen MR) is 80.8 cm³/mol. The molecule has 0 bridgehead atoms. The molecule has 0 radical (unpaired) electrons. The maximum Gasteiger partial charge on any atom is 0.341 e. The maximum atomic E-state index is 12.4. The Bertz CT molecular complexity index is 717. The molecule has 1 unspecified atom stereocenters. The molecule has 1 aromatic carbocycles. The molecular weight excluding hydrogens is 282 g/mol. The minimum Gasteiger partial charge on any atom is -0.465 e. The van der Waals surface area contributed by atoms with E-state index in [-0.39, 0.29) is 5.97 Å². The van der Waals surface area contributed by atoms with E-state index in [1.807, 2.05) is 12.1 Å². The summed E-state index contributed by atoms with van der Waals surface area (Å²) in [7, 11) is 0. The average molecular weight is 299 g/mol. The molecule has 114 valence electrons. The Morgan fingerprint density at radius 2 is 2.05 bits per heavy atom. The van der Waals surface area contributed by atoms with Crippen molar-refractivity contribution in [2.24, 2.45) is 10.9 Å². The van der Waals surface area contributed by atoms with E-state index in [4.69, 9.17) is 9.47 Å². The first-order chi connectivity index (χ1) is 10.5. The quantitative estimate of drug-likeness (QED) is 0.622. The molecule has 0 saturated carbocycles. The lowest BCUT2D eigenvalue weighted by Crippen LogP contribution is -2.39. The highest BCUT2D eigenvalue weighted by Crippen LogP contribution is 2.46. The molecule has 0 amide bonds. The fraction of sp³-hybridized carbons (Fsp3) is 0.353. The molecule has 0 aromatic heterocycles. The number of hydrogen-bond acceptors (Lipinski definition) is 5. The molecule has 5 nitrogen and oxygen atoms in total. The van der Waals surface area contributed by atoms with E-state index in [0.29, 0.717) is 29.3 Å². The molecule has 0 saturated heterocycles. The van der Waals surface area contributed by atoms with Crippen molar-refractivity contribution in [2.45, 2.75) is 26.7 Å². The standard InChI is InChI=1S/C17H17NO4/c1-4-21-16(19)13-9(2)18-10(3)14-15(13)11-7-5-6-8-12(11)22-17(14)20/h5-8,13,15H,4H2,1-3H3/t13?,15-/m0/s1. The number of allylic oxidation sites excluding steroid dienone is 1. The normalized spacial score (nSPS) is 23.2. The van der Waals surface area contributed by atoms with Crippen LogP contribution in [0.3, 0.4) is 0 Å². The number of ether oxygens (including phenoxy) is 2. The molecule has 2 aliphatic rings. The molecule has 3 rings (SSSR count). The van der Waals surface area contributed by atoms with Crippen LogP contribution in [0.1, 0.15) is 32.3 Å². The van der Waals surface area contributed by atoms with E-state index < -0.39 is 17.8 Å². The van der Waals surface area contributed by atoms with Crippen LogP contribution in [0.4, 0.5) is 0 Å². The van der Waals surface area contributed by atoms with Crippen LogP contribution in [0.25, 0.3) is 0 Å². The number of benzene rings is 1. The lowest BCUT2D eigenvalue weighted by Gasteiger charge is -2.35. The highest BCUT2D eigenvalue weighted by Gasteiger charge is 2.45. The van der Waals surface area contributed by atoms with Gasteiger partial charge in [0.1, 0.15) is 11.7 Å². The third-order valence-corrected chi connectivity index (χ3v) is 4.05. The first-order valence-corrected chi connectivity index (χ1v) is 7.28. The Labute approximate surface area is 128 Å². The van der Waals surface area contributed by atoms with Gasteiger partial charge in [-0.05, 0) is 26.8 Å². The van der Waals surface area contributed by atoms with Gasteiger partial charge in [0.05, 0.1) is 12.2 Å². The van der Waals surface area contributed by atoms with Crippen molar-refractivity contribution in [1.82, 2.24) is 0 Å². The molecule has 0 spiro atoms. The fourth-order valence-corrected chi connectivity index (χ4v) is 3.16. The largest absolute Gasteiger partial charge is 0.465 e. The minimum atomic E-state index is -0.590. The van der Waals surface area contributed by atoms with E-state index in [1.165, 1.54) is 0 Å². The molecule has 2 heterocycles. The highest BCUT2D eigenvalue weighted by molar-refractivity contribution is 6.08. The molecule has 1 aromatic rings. The van der Waals surface area contributed by atoms with Crippen LogP contribution in [-0.4, -0.2) is 24.3 Å². The molecule has 2 atom stereocenters. The number of nitrogens with zero attached hydrogens (tertiary/aromatic N) is 1. The van der Waals surface area contributed by atoms with E-state index >= 15 is 0 Å². The Morgan fingerprint density at radius 3 is 2.77 bits per heavy atom. The minimum absolute atomic E-state index is 0.291. The SMILES string of the molecule is CCOC(=O)C1C(C)=NC(C)=C2C(=O)Oc3ccccc3[C@H]21. The summed E-state index contributed by atoms with van der Waals surface area (Å²) in [6, 6.07) is 7.29. The van der Waals surface area contributed by atoms with Gasteiger partial charge in [0, 0.05) is 22.9 Å². The van der Waals surface area contributed by atoms with Gasteiger partial charge >= 0.3 is 11.9 Å². The second-order valence-electron chi connectivity index (χ2n) is 5.39. The lowest BCUT2D eigenvalue weighted by atomic mass is 9.74. The number of rotatable bonds is 2. The van der Waals surface area contributed by atoms with Gasteiger partial charge in [-0.25, -0.2) is 4.79 Å². The monoisotopic (exact) mass is 299 g/mol. The summed E-state index contributed by atoms with van der Waals surface area (Å²) in [5.74, 6) is -1.28. The van der Waals surface area contributed by atoms with Gasteiger partial charge in [0.2, 0.25) is 0 Å². The van der Waals surface area contributed by atoms with Crippen LogP contribution in [0, 0.1) is 5.92 Å². The van der Waals surface area contributed by atoms with Crippen LogP contribution in [0.5, 0.6) is 5.75 Å². The van der Waals surface area contributed by atoms with Gasteiger partial charge in [-0.1, -0.05) is 18.2 Å². The predicted octanol–water partition coefficient (Wildman–Crippen LogP) is 2.62. The van der Waals surface area contributed by atoms with Gasteiger partial charge in [-0.3, -0.25) is 9.79 Å². The number of fused-ring (bicyclic) bond motifs is 3. The van der Waals surface area contributed by atoms with Gasteiger partial charge in [0.15, 0.2) is 0 Å². The van der Waals surface area contributed by atoms with Gasteiger partial charge < -0.3 is 9.47 Å². The second kappa shape index (κ2) is 5.40. The summed E-state index contributed by atoms with van der Waals surface area (Å²) in [5.41, 5.74) is 2.53. The van der Waals surface area contributed by atoms with Crippen molar-refractivity contribution in [2.75, 3.05) is 6.61 Å². The van der Waals surface area contributed by atoms with Crippen LogP contribution < -0.4 is 4.74 Å². The Hall–Kier alpha value is -2.43. The Morgan fingerprint density at radius 1 is 1.32 bits per heavy atom. The van der Waals surface area contributed by atoms with Gasteiger partial charge in [-0.2, -0.15) is 0 Å². The van der Waals surface area contributed by atoms with Crippen molar-refractivity contribution < 1.29 is 19.1 Å². The zero-order chi connectivity index (χ0) is 15.9. The van der Waals surface area contributed by atoms with Crippen molar-refractivity contribution in [3.63, 3.8) is 0 Å². The summed E-state index contributed by atoms with van der Waals surface area (Å²) in [4.78, 5) is 29.1. The molecule has 0 aliphatic carbocycles. The second-order valence-corrected chi connectivity index (χ2v) is 5.39. The zero-order valence-electron chi connectivity index (χ0n) is 12.8. The van der Waals surface area contributed by atoms with E-state index in [9.17, 15) is 9.59 Å². The third kappa shape index (κ3) is 2.13. The summed E-state index contributed by atoms with van der Waals surface area (Å²) < 4.78 is 10.6. The van der Waals surface area contributed by atoms with Gasteiger partial charge in [0.25, 0.3) is 0 Å². The van der Waals surface area contributed by atoms with Crippen LogP contribution >= 0.6 is 0 Å². The topological polar surface area (TPSA) is 65.0 Å². The third-order valence-electron chi connectivity index (χ3n) is 4.05. The number of esters is 2. The number of carbonyl (C=O) groups excluding carboxylic acids is 2. The zero-order valence-corrected chi connectivity index (χ0v) is 12.8.